The molecule has 1 aliphatic heterocycles. The topological polar surface area (TPSA) is 18.5 Å². The van der Waals surface area contributed by atoms with E-state index in [1.807, 2.05) is 26.0 Å². The van der Waals surface area contributed by atoms with Crippen LogP contribution in [0.1, 0.15) is 37.8 Å². The monoisotopic (exact) mass is 282 g/mol. The SMILES string of the molecule is CC(C)OC1CCC(c2ccccc2)(c2ccccc2)O1. The minimum Gasteiger partial charge on any atom is -0.350 e. The summed E-state index contributed by atoms with van der Waals surface area (Å²) in [5.74, 6) is 0. The van der Waals surface area contributed by atoms with Crippen LogP contribution in [0, 0.1) is 0 Å². The van der Waals surface area contributed by atoms with Crippen molar-refractivity contribution in [2.45, 2.75) is 44.7 Å². The van der Waals surface area contributed by atoms with Gasteiger partial charge in [0.1, 0.15) is 5.60 Å². The highest BCUT2D eigenvalue weighted by Gasteiger charge is 2.43. The Balaban J connectivity index is 1.98. The number of ether oxygens (including phenoxy) is 2. The Morgan fingerprint density at radius 2 is 1.48 bits per heavy atom. The van der Waals surface area contributed by atoms with Crippen LogP contribution in [0.25, 0.3) is 0 Å². The quantitative estimate of drug-likeness (QED) is 0.822. The maximum Gasteiger partial charge on any atom is 0.159 e. The second kappa shape index (κ2) is 6.00. The van der Waals surface area contributed by atoms with Gasteiger partial charge in [-0.3, -0.25) is 0 Å². The molecule has 2 aromatic rings. The van der Waals surface area contributed by atoms with E-state index in [0.29, 0.717) is 0 Å². The van der Waals surface area contributed by atoms with Gasteiger partial charge in [-0.25, -0.2) is 0 Å². The third-order valence-corrected chi connectivity index (χ3v) is 3.97. The first-order valence-corrected chi connectivity index (χ1v) is 7.65. The molecule has 0 amide bonds. The van der Waals surface area contributed by atoms with Crippen molar-refractivity contribution >= 4 is 0 Å². The Bertz CT molecular complexity index is 523. The summed E-state index contributed by atoms with van der Waals surface area (Å²) in [5, 5.41) is 0. The Hall–Kier alpha value is -1.64. The molecule has 1 atom stereocenters. The second-order valence-electron chi connectivity index (χ2n) is 5.83. The van der Waals surface area contributed by atoms with Crippen molar-refractivity contribution in [3.8, 4) is 0 Å². The van der Waals surface area contributed by atoms with Crippen LogP contribution < -0.4 is 0 Å². The standard InChI is InChI=1S/C19H22O2/c1-15(2)20-18-13-14-19(21-18,16-9-5-3-6-10-16)17-11-7-4-8-12-17/h3-12,15,18H,13-14H2,1-2H3. The van der Waals surface area contributed by atoms with Crippen molar-refractivity contribution in [2.75, 3.05) is 0 Å². The molecule has 21 heavy (non-hydrogen) atoms. The van der Waals surface area contributed by atoms with E-state index in [0.717, 1.165) is 12.8 Å². The van der Waals surface area contributed by atoms with Gasteiger partial charge < -0.3 is 9.47 Å². The molecule has 1 saturated heterocycles. The highest BCUT2D eigenvalue weighted by molar-refractivity contribution is 5.37. The van der Waals surface area contributed by atoms with E-state index in [2.05, 4.69) is 48.5 Å². The normalized spacial score (nSPS) is 20.8. The van der Waals surface area contributed by atoms with Gasteiger partial charge in [0, 0.05) is 6.42 Å². The first kappa shape index (κ1) is 14.3. The van der Waals surface area contributed by atoms with Crippen LogP contribution in [0.2, 0.25) is 0 Å². The van der Waals surface area contributed by atoms with Gasteiger partial charge in [-0.1, -0.05) is 60.7 Å². The molecule has 0 N–H and O–H groups in total. The molecule has 0 aliphatic carbocycles. The molecule has 1 heterocycles. The lowest BCUT2D eigenvalue weighted by Crippen LogP contribution is -2.29. The summed E-state index contributed by atoms with van der Waals surface area (Å²) in [6.45, 7) is 4.10. The fourth-order valence-electron chi connectivity index (χ4n) is 3.07. The zero-order chi connectivity index (χ0) is 14.7. The molecule has 1 fully saturated rings. The first-order valence-electron chi connectivity index (χ1n) is 7.65. The number of benzene rings is 2. The van der Waals surface area contributed by atoms with Gasteiger partial charge in [0.2, 0.25) is 0 Å². The maximum absolute atomic E-state index is 6.41. The summed E-state index contributed by atoms with van der Waals surface area (Å²) >= 11 is 0. The van der Waals surface area contributed by atoms with E-state index in [1.54, 1.807) is 0 Å². The lowest BCUT2D eigenvalue weighted by Gasteiger charge is -2.31. The minimum atomic E-state index is -0.387. The van der Waals surface area contributed by atoms with E-state index < -0.39 is 0 Å². The fourth-order valence-corrected chi connectivity index (χ4v) is 3.07. The molecule has 3 rings (SSSR count). The molecule has 0 radical (unpaired) electrons. The third kappa shape index (κ3) is 2.87. The van der Waals surface area contributed by atoms with Gasteiger partial charge in [-0.2, -0.15) is 0 Å². The lowest BCUT2D eigenvalue weighted by atomic mass is 9.84. The van der Waals surface area contributed by atoms with Crippen molar-refractivity contribution in [1.82, 2.24) is 0 Å². The summed E-state index contributed by atoms with van der Waals surface area (Å²) in [7, 11) is 0. The summed E-state index contributed by atoms with van der Waals surface area (Å²) in [5.41, 5.74) is 2.01. The van der Waals surface area contributed by atoms with Crippen LogP contribution in [0.3, 0.4) is 0 Å². The smallest absolute Gasteiger partial charge is 0.159 e. The van der Waals surface area contributed by atoms with Crippen LogP contribution in [0.15, 0.2) is 60.7 Å². The van der Waals surface area contributed by atoms with Crippen LogP contribution in [-0.4, -0.2) is 12.4 Å². The highest BCUT2D eigenvalue weighted by atomic mass is 16.7. The van der Waals surface area contributed by atoms with Gasteiger partial charge in [0.05, 0.1) is 6.10 Å². The molecule has 1 unspecified atom stereocenters. The Morgan fingerprint density at radius 1 is 0.952 bits per heavy atom. The molecule has 2 nitrogen and oxygen atoms in total. The van der Waals surface area contributed by atoms with Gasteiger partial charge in [0.25, 0.3) is 0 Å². The van der Waals surface area contributed by atoms with Crippen LogP contribution in [-0.2, 0) is 15.1 Å². The van der Waals surface area contributed by atoms with Gasteiger partial charge in [-0.05, 0) is 31.4 Å². The van der Waals surface area contributed by atoms with E-state index in [4.69, 9.17) is 9.47 Å². The van der Waals surface area contributed by atoms with Gasteiger partial charge in [0.15, 0.2) is 6.29 Å². The Kier molecular flexibility index (Phi) is 4.09. The van der Waals surface area contributed by atoms with Crippen molar-refractivity contribution < 1.29 is 9.47 Å². The third-order valence-electron chi connectivity index (χ3n) is 3.97. The molecule has 0 saturated carbocycles. The summed E-state index contributed by atoms with van der Waals surface area (Å²) in [6.07, 6.45) is 1.91. The first-order chi connectivity index (χ1) is 10.2. The molecule has 0 bridgehead atoms. The molecular weight excluding hydrogens is 260 g/mol. The average molecular weight is 282 g/mol. The molecule has 110 valence electrons. The summed E-state index contributed by atoms with van der Waals surface area (Å²) in [4.78, 5) is 0. The second-order valence-corrected chi connectivity index (χ2v) is 5.83. The number of rotatable bonds is 4. The van der Waals surface area contributed by atoms with Crippen molar-refractivity contribution in [3.63, 3.8) is 0 Å². The minimum absolute atomic E-state index is 0.134. The van der Waals surface area contributed by atoms with E-state index in [-0.39, 0.29) is 18.0 Å². The van der Waals surface area contributed by atoms with Gasteiger partial charge in [-0.15, -0.1) is 0 Å². The Labute approximate surface area is 126 Å². The number of hydrogen-bond donors (Lipinski definition) is 0. The zero-order valence-electron chi connectivity index (χ0n) is 12.7. The fraction of sp³-hybridized carbons (Fsp3) is 0.368. The van der Waals surface area contributed by atoms with Gasteiger partial charge >= 0.3 is 0 Å². The molecule has 0 spiro atoms. The van der Waals surface area contributed by atoms with E-state index in [9.17, 15) is 0 Å². The average Bonchev–Trinajstić information content (AvgIpc) is 2.93. The summed E-state index contributed by atoms with van der Waals surface area (Å²) < 4.78 is 12.3. The van der Waals surface area contributed by atoms with Crippen LogP contribution in [0.4, 0.5) is 0 Å². The molecule has 0 aromatic heterocycles. The van der Waals surface area contributed by atoms with E-state index >= 15 is 0 Å². The number of hydrogen-bond acceptors (Lipinski definition) is 2. The largest absolute Gasteiger partial charge is 0.350 e. The zero-order valence-corrected chi connectivity index (χ0v) is 12.7. The molecule has 1 aliphatic rings. The van der Waals surface area contributed by atoms with Crippen LogP contribution in [0.5, 0.6) is 0 Å². The van der Waals surface area contributed by atoms with Crippen molar-refractivity contribution in [2.24, 2.45) is 0 Å². The molecular formula is C19H22O2. The van der Waals surface area contributed by atoms with Crippen molar-refractivity contribution in [1.29, 1.82) is 0 Å². The summed E-state index contributed by atoms with van der Waals surface area (Å²) in [6, 6.07) is 20.9. The predicted octanol–water partition coefficient (Wildman–Crippen LogP) is 4.49. The predicted molar refractivity (Wildman–Crippen MR) is 84.0 cm³/mol. The molecule has 2 heteroatoms. The maximum atomic E-state index is 6.41. The van der Waals surface area contributed by atoms with Crippen molar-refractivity contribution in [3.05, 3.63) is 71.8 Å². The molecule has 2 aromatic carbocycles. The van der Waals surface area contributed by atoms with Crippen LogP contribution >= 0.6 is 0 Å². The Morgan fingerprint density at radius 3 is 1.95 bits per heavy atom. The highest BCUT2D eigenvalue weighted by Crippen LogP contribution is 2.45. The lowest BCUT2D eigenvalue weighted by molar-refractivity contribution is -0.176. The van der Waals surface area contributed by atoms with E-state index in [1.165, 1.54) is 11.1 Å².